The molecule has 0 aromatic rings. The number of ether oxygens (including phenoxy) is 3. The Morgan fingerprint density at radius 2 is 0.950 bits per heavy atom. The quantitative estimate of drug-likeness (QED) is 0.238. The lowest BCUT2D eigenvalue weighted by atomic mass is 9.82. The van der Waals surface area contributed by atoms with Gasteiger partial charge in [-0.25, -0.2) is 0 Å². The maximum absolute atomic E-state index is 12.5. The maximum Gasteiger partial charge on any atom is 0.309 e. The topological polar surface area (TPSA) is 136 Å². The molecule has 2 aliphatic carbocycles. The van der Waals surface area contributed by atoms with Gasteiger partial charge in [0.25, 0.3) is 0 Å². The minimum absolute atomic E-state index is 0. The second kappa shape index (κ2) is 19.8. The molecule has 0 radical (unpaired) electrons. The van der Waals surface area contributed by atoms with E-state index in [4.69, 9.17) is 24.4 Å². The highest BCUT2D eigenvalue weighted by molar-refractivity contribution is 5.75. The van der Waals surface area contributed by atoms with E-state index in [1.807, 2.05) is 55.4 Å². The molecule has 9 heteroatoms. The molecule has 0 saturated heterocycles. The van der Waals surface area contributed by atoms with E-state index in [2.05, 4.69) is 0 Å². The highest BCUT2D eigenvalue weighted by Crippen LogP contribution is 2.32. The molecular weight excluding hydrogens is 516 g/mol. The summed E-state index contributed by atoms with van der Waals surface area (Å²) in [4.78, 5) is 47.0. The van der Waals surface area contributed by atoms with Crippen molar-refractivity contribution in [2.24, 2.45) is 23.7 Å². The van der Waals surface area contributed by atoms with Gasteiger partial charge < -0.3 is 24.4 Å². The van der Waals surface area contributed by atoms with Gasteiger partial charge in [0, 0.05) is 12.8 Å². The number of hydrogen-bond donors (Lipinski definition) is 2. The molecule has 0 amide bonds. The van der Waals surface area contributed by atoms with Gasteiger partial charge in [0.15, 0.2) is 0 Å². The summed E-state index contributed by atoms with van der Waals surface area (Å²) in [7, 11) is 0. The van der Waals surface area contributed by atoms with E-state index in [1.165, 1.54) is 0 Å². The first-order valence-electron chi connectivity index (χ1n) is 14.8. The van der Waals surface area contributed by atoms with E-state index >= 15 is 0 Å². The van der Waals surface area contributed by atoms with E-state index in [9.17, 15) is 19.2 Å². The molecule has 9 nitrogen and oxygen atoms in total. The summed E-state index contributed by atoms with van der Waals surface area (Å²) in [6.07, 6.45) is 5.19. The van der Waals surface area contributed by atoms with Crippen LogP contribution in [0.5, 0.6) is 0 Å². The molecule has 2 aliphatic rings. The summed E-state index contributed by atoms with van der Waals surface area (Å²) in [6, 6.07) is 0. The summed E-state index contributed by atoms with van der Waals surface area (Å²) in [5.41, 5.74) is -1.24. The van der Waals surface area contributed by atoms with Crippen LogP contribution in [-0.2, 0) is 33.4 Å². The van der Waals surface area contributed by atoms with E-state index in [-0.39, 0.29) is 49.6 Å². The molecule has 2 rings (SSSR count). The third-order valence-corrected chi connectivity index (χ3v) is 7.34. The van der Waals surface area contributed by atoms with E-state index in [0.717, 1.165) is 0 Å². The highest BCUT2D eigenvalue weighted by atomic mass is 16.6. The van der Waals surface area contributed by atoms with Crippen LogP contribution in [0.15, 0.2) is 0 Å². The molecule has 0 atom stereocenters. The minimum atomic E-state index is -0.797. The lowest BCUT2D eigenvalue weighted by Crippen LogP contribution is -2.36. The largest absolute Gasteiger partial charge is 0.481 e. The number of carbonyl (C=O) groups excluding carboxylic acids is 2. The van der Waals surface area contributed by atoms with Gasteiger partial charge in [0.05, 0.1) is 42.5 Å². The Kier molecular flexibility index (Phi) is 19.8. The predicted octanol–water partition coefficient (Wildman–Crippen LogP) is 6.90. The first-order chi connectivity index (χ1) is 18.3. The fourth-order valence-electron chi connectivity index (χ4n) is 4.72. The van der Waals surface area contributed by atoms with Gasteiger partial charge in [-0.3, -0.25) is 19.2 Å². The van der Waals surface area contributed by atoms with E-state index in [0.29, 0.717) is 70.8 Å². The zero-order chi connectivity index (χ0) is 30.2. The summed E-state index contributed by atoms with van der Waals surface area (Å²) in [5.74, 6) is -3.35. The third-order valence-electron chi connectivity index (χ3n) is 7.34. The third kappa shape index (κ3) is 15.0. The molecule has 0 unspecified atom stereocenters. The van der Waals surface area contributed by atoms with Crippen LogP contribution in [-0.4, -0.2) is 58.5 Å². The number of aliphatic carboxylic acids is 2. The van der Waals surface area contributed by atoms with Crippen LogP contribution in [0.25, 0.3) is 0 Å². The standard InChI is InChI=1S/C26H42O9.2C2H6.CH4/c1-25(2,13-15-33-23(31)19-9-5-17(6-10-19)21(27)28)34-16-14-26(3,4)35-24(32)20-11-7-18(8-12-20)22(29)30;2*1-2;/h17-20H,5-16H2,1-4H3,(H,27,28)(H,29,30);2*1-2H3;1H4. The van der Waals surface area contributed by atoms with Crippen LogP contribution in [0.2, 0.25) is 0 Å². The molecule has 0 aliphatic heterocycles. The van der Waals surface area contributed by atoms with E-state index in [1.54, 1.807) is 0 Å². The van der Waals surface area contributed by atoms with Gasteiger partial charge in [0.1, 0.15) is 5.60 Å². The van der Waals surface area contributed by atoms with Crippen molar-refractivity contribution in [2.45, 2.75) is 138 Å². The van der Waals surface area contributed by atoms with Crippen molar-refractivity contribution in [1.82, 2.24) is 0 Å². The molecule has 2 fully saturated rings. The van der Waals surface area contributed by atoms with Crippen LogP contribution < -0.4 is 0 Å². The number of carbonyl (C=O) groups is 4. The average Bonchev–Trinajstić information content (AvgIpc) is 2.90. The van der Waals surface area contributed by atoms with Crippen molar-refractivity contribution in [3.8, 4) is 0 Å². The van der Waals surface area contributed by atoms with Crippen molar-refractivity contribution < 1.29 is 43.6 Å². The summed E-state index contributed by atoms with van der Waals surface area (Å²) < 4.78 is 17.1. The number of carboxylic acids is 2. The fraction of sp³-hybridized carbons (Fsp3) is 0.871. The zero-order valence-corrected chi connectivity index (χ0v) is 25.5. The highest BCUT2D eigenvalue weighted by Gasteiger charge is 2.34. The number of rotatable bonds is 12. The van der Waals surface area contributed by atoms with Crippen molar-refractivity contribution in [2.75, 3.05) is 13.2 Å². The Hall–Kier alpha value is -2.16. The van der Waals surface area contributed by atoms with Crippen LogP contribution in [0.4, 0.5) is 0 Å². The van der Waals surface area contributed by atoms with Gasteiger partial charge in [-0.15, -0.1) is 0 Å². The van der Waals surface area contributed by atoms with Crippen molar-refractivity contribution >= 4 is 23.9 Å². The van der Waals surface area contributed by atoms with Crippen molar-refractivity contribution in [3.63, 3.8) is 0 Å². The fourth-order valence-corrected chi connectivity index (χ4v) is 4.72. The molecule has 2 N–H and O–H groups in total. The van der Waals surface area contributed by atoms with E-state index < -0.39 is 23.1 Å². The Bertz CT molecular complexity index is 744. The normalized spacial score (nSPS) is 22.6. The lowest BCUT2D eigenvalue weighted by molar-refractivity contribution is -0.167. The monoisotopic (exact) mass is 574 g/mol. The zero-order valence-electron chi connectivity index (χ0n) is 25.5. The Morgan fingerprint density at radius 3 is 1.35 bits per heavy atom. The molecule has 0 aromatic heterocycles. The van der Waals surface area contributed by atoms with Crippen LogP contribution in [0, 0.1) is 23.7 Å². The molecular formula is C31H58O9. The van der Waals surface area contributed by atoms with Gasteiger partial charge in [-0.1, -0.05) is 35.1 Å². The molecule has 0 heterocycles. The molecule has 2 saturated carbocycles. The van der Waals surface area contributed by atoms with Crippen molar-refractivity contribution in [3.05, 3.63) is 0 Å². The Labute approximate surface area is 242 Å². The molecule has 0 bridgehead atoms. The summed E-state index contributed by atoms with van der Waals surface area (Å²) in [6.45, 7) is 16.1. The summed E-state index contributed by atoms with van der Waals surface area (Å²) in [5, 5.41) is 18.2. The molecule has 0 aromatic carbocycles. The second-order valence-corrected chi connectivity index (χ2v) is 11.2. The van der Waals surface area contributed by atoms with Crippen LogP contribution in [0.3, 0.4) is 0 Å². The van der Waals surface area contributed by atoms with Crippen LogP contribution >= 0.6 is 0 Å². The maximum atomic E-state index is 12.5. The Morgan fingerprint density at radius 1 is 0.600 bits per heavy atom. The number of esters is 2. The smallest absolute Gasteiger partial charge is 0.309 e. The SMILES string of the molecule is C.CC.CC.CC(C)(CCOC(=O)C1CCC(C(=O)O)CC1)OCCC(C)(C)OC(=O)C1CCC(C(=O)O)CC1. The molecule has 40 heavy (non-hydrogen) atoms. The average molecular weight is 575 g/mol. The lowest BCUT2D eigenvalue weighted by Gasteiger charge is -2.32. The number of carboxylic acid groups (broad SMARTS) is 2. The van der Waals surface area contributed by atoms with Gasteiger partial charge >= 0.3 is 23.9 Å². The van der Waals surface area contributed by atoms with Gasteiger partial charge in [-0.05, 0) is 79.1 Å². The Balaban J connectivity index is 0. The second-order valence-electron chi connectivity index (χ2n) is 11.2. The van der Waals surface area contributed by atoms with Gasteiger partial charge in [0.2, 0.25) is 0 Å². The molecule has 236 valence electrons. The first kappa shape index (κ1) is 40.0. The van der Waals surface area contributed by atoms with Gasteiger partial charge in [-0.2, -0.15) is 0 Å². The summed E-state index contributed by atoms with van der Waals surface area (Å²) >= 11 is 0. The predicted molar refractivity (Wildman–Crippen MR) is 156 cm³/mol. The first-order valence-corrected chi connectivity index (χ1v) is 14.8. The molecule has 0 spiro atoms. The number of hydrogen-bond acceptors (Lipinski definition) is 7. The minimum Gasteiger partial charge on any atom is -0.481 e. The van der Waals surface area contributed by atoms with Crippen LogP contribution in [0.1, 0.15) is 127 Å². The van der Waals surface area contributed by atoms with Crippen molar-refractivity contribution in [1.29, 1.82) is 0 Å².